The zero-order valence-electron chi connectivity index (χ0n) is 61.1. The first-order valence-corrected chi connectivity index (χ1v) is 34.4. The summed E-state index contributed by atoms with van der Waals surface area (Å²) in [5, 5.41) is 16.7. The van der Waals surface area contributed by atoms with Crippen molar-refractivity contribution < 1.29 is 247 Å². The molecule has 4 aliphatic carbocycles. The number of hydrogen-bond acceptors (Lipinski definition) is 13. The molecule has 0 aliphatic heterocycles. The minimum atomic E-state index is -0.245. The molecule has 4 aliphatic rings. The molecule has 0 spiro atoms. The van der Waals surface area contributed by atoms with E-state index < -0.39 is 0 Å². The van der Waals surface area contributed by atoms with Gasteiger partial charge in [-0.25, -0.2) is 0 Å². The van der Waals surface area contributed by atoms with Gasteiger partial charge in [0.25, 0.3) is 0 Å². The van der Waals surface area contributed by atoms with Gasteiger partial charge in [0.05, 0.1) is 23.6 Å². The maximum atomic E-state index is 9.59. The molecule has 0 unspecified atom stereocenters. The van der Waals surface area contributed by atoms with E-state index in [1.165, 1.54) is 119 Å². The van der Waals surface area contributed by atoms with Crippen LogP contribution in [0.15, 0.2) is 114 Å². The number of amides is 4. The van der Waals surface area contributed by atoms with E-state index in [-0.39, 0.29) is 167 Å². The number of aldehydes is 1. The average Bonchev–Trinajstić information content (AvgIpc) is 4.55. The Bertz CT molecular complexity index is 1870. The number of nitrogens with zero attached hydrogens (tertiary/aromatic N) is 5. The van der Waals surface area contributed by atoms with Crippen LogP contribution in [0.5, 0.6) is 0 Å². The summed E-state index contributed by atoms with van der Waals surface area (Å²) in [6, 6.07) is 0. The van der Waals surface area contributed by atoms with E-state index in [0.717, 1.165) is 99.2 Å². The van der Waals surface area contributed by atoms with Crippen LogP contribution in [0.3, 0.4) is 0 Å². The Labute approximate surface area is 715 Å². The van der Waals surface area contributed by atoms with E-state index in [4.69, 9.17) is 46.4 Å². The number of hydrogen-bond donors (Lipinski definition) is 5. The van der Waals surface area contributed by atoms with Crippen LogP contribution in [0.2, 0.25) is 0 Å². The van der Waals surface area contributed by atoms with Gasteiger partial charge in [-0.3, -0.25) is 0 Å². The van der Waals surface area contributed by atoms with E-state index in [2.05, 4.69) is 161 Å². The SMILES string of the molecule is CC.CC.CC.CC.CC.CC.CC=O.CCC.CCN(C)C.CCO.O=C=O.[CH-]=NC1=C([C]([CH2-])=[W])C=CC1.[CH-]=NC1=C([C]([CH2-])=[W])C=CC1.[CH-]=NC1=C([C]([CH2-])=[W])C=CC1.[CH-]=NC1=C([C]([CH2-])=[W])C=CC1.[CH2-]C(=O)NC.[CH2-]C(=O)NC.[CH2-]C(=O)NC.[CH2-]C(=O)NC.[Y].[Y].[Y].[Y]. The van der Waals surface area contributed by atoms with Gasteiger partial charge >= 0.3 is 293 Å². The molecule has 93 heavy (non-hydrogen) atoms. The Hall–Kier alpha value is -0.421. The number of nitrogens with one attached hydrogen (secondary N) is 4. The van der Waals surface area contributed by atoms with Gasteiger partial charge in [0.1, 0.15) is 6.29 Å². The smallest absolute Gasteiger partial charge is 0.0794 e. The first-order valence-electron chi connectivity index (χ1n) is 28.5. The Balaban J connectivity index is -0.0000000376. The normalized spacial score (nSPS) is 9.86. The molecular formula is C68H117N9O8W4Y4-12. The molecule has 0 saturated heterocycles. The van der Waals surface area contributed by atoms with E-state index >= 15 is 0 Å². The Morgan fingerprint density at radius 1 is 0.473 bits per heavy atom. The van der Waals surface area contributed by atoms with Gasteiger partial charge in [-0.1, -0.05) is 110 Å². The van der Waals surface area contributed by atoms with Crippen molar-refractivity contribution in [3.8, 4) is 0 Å². The largest absolute Gasteiger partial charge is 0.384 e. The van der Waals surface area contributed by atoms with Crippen LogP contribution in [0.25, 0.3) is 0 Å². The number of aliphatic hydroxyl groups is 1. The molecule has 4 rings (SSSR count). The molecule has 530 valence electrons. The maximum Gasteiger partial charge on any atom is 0.0794 e. The van der Waals surface area contributed by atoms with Crippen LogP contribution in [0, 0.1) is 55.4 Å². The number of rotatable bonds is 9. The second kappa shape index (κ2) is 132. The fourth-order valence-corrected chi connectivity index (χ4v) is 6.15. The third-order valence-corrected chi connectivity index (χ3v) is 10.4. The zero-order chi connectivity index (χ0) is 74.5. The first kappa shape index (κ1) is 143. The summed E-state index contributed by atoms with van der Waals surface area (Å²) in [4.78, 5) is 80.2. The number of carbonyl (C=O) groups excluding carboxylic acids is 7. The summed E-state index contributed by atoms with van der Waals surface area (Å²) in [6.45, 7) is 82.9. The number of aliphatic hydroxyl groups excluding tert-OH is 1. The summed E-state index contributed by atoms with van der Waals surface area (Å²) in [5.74, 6) is -0.981. The molecule has 4 amide bonds. The zero-order valence-corrected chi connectivity index (χ0v) is 84.2. The van der Waals surface area contributed by atoms with Crippen molar-refractivity contribution in [2.24, 2.45) is 20.0 Å². The minimum absolute atomic E-state index is 0. The predicted molar refractivity (Wildman–Crippen MR) is 374 cm³/mol. The number of aliphatic imine (C=N–C) groups is 4. The van der Waals surface area contributed by atoms with Crippen molar-refractivity contribution in [3.05, 3.63) is 149 Å². The van der Waals surface area contributed by atoms with Crippen molar-refractivity contribution in [3.63, 3.8) is 0 Å². The van der Waals surface area contributed by atoms with Crippen molar-refractivity contribution >= 4 is 78.5 Å². The first-order chi connectivity index (χ1) is 42.0. The van der Waals surface area contributed by atoms with Crippen molar-refractivity contribution in [1.29, 1.82) is 0 Å². The Morgan fingerprint density at radius 3 is 0.613 bits per heavy atom. The molecule has 0 heterocycles. The molecule has 0 atom stereocenters. The van der Waals surface area contributed by atoms with Gasteiger partial charge in [-0.05, 0) is 34.5 Å². The molecule has 0 fully saturated rings. The van der Waals surface area contributed by atoms with Gasteiger partial charge < -0.3 is 82.9 Å². The van der Waals surface area contributed by atoms with Crippen LogP contribution in [-0.2, 0) is 242 Å². The van der Waals surface area contributed by atoms with Crippen LogP contribution < -0.4 is 21.3 Å². The Kier molecular flexibility index (Phi) is 203. The monoisotopic (exact) mass is 2280 g/mol. The molecule has 0 aromatic heterocycles. The molecular weight excluding hydrogens is 2160 g/mol. The van der Waals surface area contributed by atoms with Crippen LogP contribution >= 0.6 is 0 Å². The third kappa shape index (κ3) is 136. The number of carbonyl (C=O) groups is 5. The molecule has 25 heteroatoms. The van der Waals surface area contributed by atoms with Crippen molar-refractivity contribution in [1.82, 2.24) is 26.2 Å². The molecule has 5 N–H and O–H groups in total. The van der Waals surface area contributed by atoms with E-state index in [1.807, 2.05) is 107 Å². The van der Waals surface area contributed by atoms with Gasteiger partial charge in [0.15, 0.2) is 0 Å². The van der Waals surface area contributed by atoms with Gasteiger partial charge in [0, 0.05) is 166 Å². The molecule has 0 saturated carbocycles. The second-order valence-electron chi connectivity index (χ2n) is 13.5. The van der Waals surface area contributed by atoms with E-state index in [0.29, 0.717) is 0 Å². The molecule has 0 bridgehead atoms. The number of allylic oxidation sites excluding steroid dienone is 12. The molecule has 0 aromatic carbocycles. The summed E-state index contributed by atoms with van der Waals surface area (Å²) in [5.41, 5.74) is 8.32. The van der Waals surface area contributed by atoms with Crippen LogP contribution in [0.4, 0.5) is 0 Å². The average molecular weight is 2280 g/mol. The topological polar surface area (TPSA) is 241 Å². The fourth-order valence-electron chi connectivity index (χ4n) is 3.48. The van der Waals surface area contributed by atoms with Gasteiger partial charge in [0.2, 0.25) is 0 Å². The quantitative estimate of drug-likeness (QED) is 0.0837. The molecule has 0 aromatic rings. The van der Waals surface area contributed by atoms with Crippen LogP contribution in [0.1, 0.15) is 150 Å². The summed E-state index contributed by atoms with van der Waals surface area (Å²) in [6.07, 6.45) is 22.0. The third-order valence-electron chi connectivity index (χ3n) is 7.20. The standard InChI is InChI=1S/4C8H7N.C4H11N.4C3H6NO.C3H8.C2H6O.C2H4O.6C2H6.CO2.4W.4Y/c4*1-3-7-5-4-6-8(7)9-2;1-4-5(2)3;4*1-3(5)4-2;1-3-2;2*1-2-3;6*1-2;2-1-3;;;;;;;;/h4*2,4-5H,1,6H2;4H2,1-3H3;4*1H2,2H3,(H,4,5);3H2,1-2H3;3H,2H2,1H3;2H,1H3;6*1-2H3;;;;;;;;;/q4*-2;;4*-1;;;;;;;;;;;;;;;;;;. The van der Waals surface area contributed by atoms with Gasteiger partial charge in [-0.2, -0.15) is 9.59 Å². The van der Waals surface area contributed by atoms with E-state index in [1.54, 1.807) is 6.92 Å². The van der Waals surface area contributed by atoms with Crippen molar-refractivity contribution in [2.45, 2.75) is 150 Å². The Morgan fingerprint density at radius 2 is 0.570 bits per heavy atom. The summed E-state index contributed by atoms with van der Waals surface area (Å²) in [7, 11) is 10.3. The summed E-state index contributed by atoms with van der Waals surface area (Å²) < 4.78 is 4.44. The van der Waals surface area contributed by atoms with Gasteiger partial charge in [-0.15, -0.1) is 0 Å². The molecule has 4 radical (unpaired) electrons. The fraction of sp³-hybridized carbons (Fsp3) is 0.441. The van der Waals surface area contributed by atoms with Crippen molar-refractivity contribution in [2.75, 3.05) is 55.4 Å². The maximum absolute atomic E-state index is 9.59. The second-order valence-corrected chi connectivity index (χ2v) is 20.6. The van der Waals surface area contributed by atoms with Crippen LogP contribution in [-0.4, -0.2) is 144 Å². The summed E-state index contributed by atoms with van der Waals surface area (Å²) >= 11 is 5.49. The minimum Gasteiger partial charge on any atom is -0.384 e. The predicted octanol–water partition coefficient (Wildman–Crippen LogP) is 11.3. The molecule has 17 nitrogen and oxygen atoms in total. The van der Waals surface area contributed by atoms with E-state index in [9.17, 15) is 19.2 Å².